The lowest BCUT2D eigenvalue weighted by atomic mass is 10.0. The first-order chi connectivity index (χ1) is 6.25. The highest BCUT2D eigenvalue weighted by Crippen LogP contribution is 2.19. The SMILES string of the molecule is [O-]N1CCc2ccc(Cl)cc2CC1. The van der Waals surface area contributed by atoms with Gasteiger partial charge in [-0.3, -0.25) is 0 Å². The minimum Gasteiger partial charge on any atom is -0.785 e. The summed E-state index contributed by atoms with van der Waals surface area (Å²) in [6, 6.07) is 5.88. The smallest absolute Gasteiger partial charge is 0.0408 e. The molecular weight excluding hydrogens is 186 g/mol. The molecule has 13 heavy (non-hydrogen) atoms. The second kappa shape index (κ2) is 3.66. The zero-order valence-electron chi connectivity index (χ0n) is 7.29. The minimum atomic E-state index is 0.591. The van der Waals surface area contributed by atoms with Gasteiger partial charge in [-0.2, -0.15) is 0 Å². The molecule has 0 spiro atoms. The number of rotatable bonds is 0. The van der Waals surface area contributed by atoms with Crippen molar-refractivity contribution in [3.05, 3.63) is 39.6 Å². The number of hydrogen-bond acceptors (Lipinski definition) is 2. The Balaban J connectivity index is 2.30. The molecule has 1 aromatic rings. The monoisotopic (exact) mass is 196 g/mol. The van der Waals surface area contributed by atoms with Crippen molar-refractivity contribution in [1.29, 1.82) is 0 Å². The number of benzene rings is 1. The van der Waals surface area contributed by atoms with Gasteiger partial charge in [0.2, 0.25) is 0 Å². The molecular formula is C10H11ClNO-. The molecule has 0 fully saturated rings. The molecule has 1 aliphatic heterocycles. The van der Waals surface area contributed by atoms with Crippen molar-refractivity contribution >= 4 is 11.6 Å². The van der Waals surface area contributed by atoms with Crippen LogP contribution in [0, 0.1) is 5.21 Å². The van der Waals surface area contributed by atoms with Crippen molar-refractivity contribution in [3.63, 3.8) is 0 Å². The van der Waals surface area contributed by atoms with Gasteiger partial charge < -0.3 is 10.3 Å². The largest absolute Gasteiger partial charge is 0.785 e. The number of halogens is 1. The van der Waals surface area contributed by atoms with Crippen LogP contribution >= 0.6 is 11.6 Å². The summed E-state index contributed by atoms with van der Waals surface area (Å²) in [6.45, 7) is 1.20. The quantitative estimate of drug-likeness (QED) is 0.636. The van der Waals surface area contributed by atoms with Crippen molar-refractivity contribution in [2.45, 2.75) is 12.8 Å². The number of fused-ring (bicyclic) bond motifs is 1. The van der Waals surface area contributed by atoms with E-state index in [0.717, 1.165) is 22.9 Å². The zero-order valence-corrected chi connectivity index (χ0v) is 8.05. The predicted molar refractivity (Wildman–Crippen MR) is 53.8 cm³/mol. The zero-order chi connectivity index (χ0) is 9.26. The van der Waals surface area contributed by atoms with E-state index in [2.05, 4.69) is 0 Å². The molecule has 0 saturated heterocycles. The van der Waals surface area contributed by atoms with Gasteiger partial charge in [-0.25, -0.2) is 0 Å². The van der Waals surface area contributed by atoms with E-state index in [4.69, 9.17) is 11.6 Å². The highest BCUT2D eigenvalue weighted by atomic mass is 35.5. The molecule has 0 aliphatic carbocycles. The summed E-state index contributed by atoms with van der Waals surface area (Å²) < 4.78 is 0. The van der Waals surface area contributed by atoms with Crippen molar-refractivity contribution in [2.75, 3.05) is 13.1 Å². The number of nitrogens with zero attached hydrogens (tertiary/aromatic N) is 1. The normalized spacial score (nSPS) is 18.0. The Morgan fingerprint density at radius 1 is 1.15 bits per heavy atom. The molecule has 0 aromatic heterocycles. The third kappa shape index (κ3) is 2.02. The third-order valence-electron chi connectivity index (χ3n) is 2.43. The van der Waals surface area contributed by atoms with Crippen LogP contribution in [0.25, 0.3) is 0 Å². The lowest BCUT2D eigenvalue weighted by molar-refractivity contribution is 0.397. The van der Waals surface area contributed by atoms with Crippen LogP contribution in [0.5, 0.6) is 0 Å². The van der Waals surface area contributed by atoms with Crippen LogP contribution in [-0.4, -0.2) is 18.2 Å². The molecule has 3 heteroatoms. The van der Waals surface area contributed by atoms with E-state index >= 15 is 0 Å². The highest BCUT2D eigenvalue weighted by Gasteiger charge is 2.08. The Kier molecular flexibility index (Phi) is 2.54. The van der Waals surface area contributed by atoms with Crippen LogP contribution in [0.1, 0.15) is 11.1 Å². The van der Waals surface area contributed by atoms with Gasteiger partial charge in [-0.1, -0.05) is 17.7 Å². The third-order valence-corrected chi connectivity index (χ3v) is 2.66. The maximum Gasteiger partial charge on any atom is 0.0408 e. The maximum atomic E-state index is 11.1. The Morgan fingerprint density at radius 2 is 1.85 bits per heavy atom. The summed E-state index contributed by atoms with van der Waals surface area (Å²) >= 11 is 5.87. The molecule has 1 aromatic carbocycles. The van der Waals surface area contributed by atoms with E-state index in [9.17, 15) is 5.21 Å². The molecule has 0 N–H and O–H groups in total. The summed E-state index contributed by atoms with van der Waals surface area (Å²) in [6.07, 6.45) is 1.66. The van der Waals surface area contributed by atoms with Gasteiger partial charge in [0.05, 0.1) is 0 Å². The van der Waals surface area contributed by atoms with E-state index < -0.39 is 0 Å². The van der Waals surface area contributed by atoms with Gasteiger partial charge in [-0.05, 0) is 49.2 Å². The van der Waals surface area contributed by atoms with Gasteiger partial charge in [0.15, 0.2) is 0 Å². The lowest BCUT2D eigenvalue weighted by Crippen LogP contribution is -2.18. The Hall–Kier alpha value is -0.570. The summed E-state index contributed by atoms with van der Waals surface area (Å²) in [7, 11) is 0. The Morgan fingerprint density at radius 3 is 2.62 bits per heavy atom. The molecule has 0 saturated carbocycles. The predicted octanol–water partition coefficient (Wildman–Crippen LogP) is 2.24. The molecule has 2 rings (SSSR count). The van der Waals surface area contributed by atoms with Crippen molar-refractivity contribution in [2.24, 2.45) is 0 Å². The summed E-state index contributed by atoms with van der Waals surface area (Å²) in [5, 5.41) is 13.0. The van der Waals surface area contributed by atoms with E-state index in [1.165, 1.54) is 11.1 Å². The van der Waals surface area contributed by atoms with Crippen molar-refractivity contribution in [1.82, 2.24) is 5.06 Å². The molecule has 1 heterocycles. The fourth-order valence-corrected chi connectivity index (χ4v) is 1.87. The second-order valence-electron chi connectivity index (χ2n) is 3.34. The first-order valence-corrected chi connectivity index (χ1v) is 4.83. The van der Waals surface area contributed by atoms with Crippen LogP contribution in [0.15, 0.2) is 18.2 Å². The van der Waals surface area contributed by atoms with E-state index in [0.29, 0.717) is 13.1 Å². The lowest BCUT2D eigenvalue weighted by Gasteiger charge is -2.25. The fraction of sp³-hybridized carbons (Fsp3) is 0.400. The van der Waals surface area contributed by atoms with E-state index in [-0.39, 0.29) is 0 Å². The van der Waals surface area contributed by atoms with Crippen LogP contribution in [0.2, 0.25) is 5.02 Å². The van der Waals surface area contributed by atoms with Crippen molar-refractivity contribution < 1.29 is 0 Å². The fourth-order valence-electron chi connectivity index (χ4n) is 1.67. The van der Waals surface area contributed by atoms with Gasteiger partial charge in [0.25, 0.3) is 0 Å². The van der Waals surface area contributed by atoms with Crippen molar-refractivity contribution in [3.8, 4) is 0 Å². The average molecular weight is 197 g/mol. The topological polar surface area (TPSA) is 26.3 Å². The number of hydroxylamine groups is 2. The Labute approximate surface area is 82.7 Å². The molecule has 0 radical (unpaired) electrons. The molecule has 0 atom stereocenters. The average Bonchev–Trinajstić information content (AvgIpc) is 2.29. The standard InChI is InChI=1S/C10H11ClNO/c11-10-2-1-8-3-5-12(13)6-4-9(8)7-10/h1-2,7H,3-6H2/q-1. The summed E-state index contributed by atoms with van der Waals surface area (Å²) in [5.74, 6) is 0. The minimum absolute atomic E-state index is 0.591. The molecule has 1 aliphatic rings. The second-order valence-corrected chi connectivity index (χ2v) is 3.78. The molecule has 0 amide bonds. The first-order valence-electron chi connectivity index (χ1n) is 4.45. The molecule has 0 bridgehead atoms. The van der Waals surface area contributed by atoms with Gasteiger partial charge in [0.1, 0.15) is 0 Å². The van der Waals surface area contributed by atoms with Gasteiger partial charge >= 0.3 is 0 Å². The Bertz CT molecular complexity index is 314. The van der Waals surface area contributed by atoms with Gasteiger partial charge in [-0.15, -0.1) is 0 Å². The summed E-state index contributed by atoms with van der Waals surface area (Å²) in [5.41, 5.74) is 2.49. The van der Waals surface area contributed by atoms with Crippen LogP contribution in [0.4, 0.5) is 0 Å². The van der Waals surface area contributed by atoms with E-state index in [1.54, 1.807) is 0 Å². The van der Waals surface area contributed by atoms with Crippen LogP contribution < -0.4 is 0 Å². The highest BCUT2D eigenvalue weighted by molar-refractivity contribution is 6.30. The molecule has 70 valence electrons. The summed E-state index contributed by atoms with van der Waals surface area (Å²) in [4.78, 5) is 0. The maximum absolute atomic E-state index is 11.1. The van der Waals surface area contributed by atoms with E-state index in [1.807, 2.05) is 18.2 Å². The van der Waals surface area contributed by atoms with Crippen LogP contribution in [-0.2, 0) is 12.8 Å². The number of hydrogen-bond donors (Lipinski definition) is 0. The van der Waals surface area contributed by atoms with Gasteiger partial charge in [0, 0.05) is 5.02 Å². The van der Waals surface area contributed by atoms with Crippen LogP contribution in [0.3, 0.4) is 0 Å². The molecule has 2 nitrogen and oxygen atoms in total. The molecule has 0 unspecified atom stereocenters. The first kappa shape index (κ1) is 9.00.